The van der Waals surface area contributed by atoms with E-state index in [1.165, 1.54) is 5.56 Å². The number of hydrogen-bond donors (Lipinski definition) is 0. The van der Waals surface area contributed by atoms with E-state index >= 15 is 0 Å². The second-order valence-corrected chi connectivity index (χ2v) is 9.63. The summed E-state index contributed by atoms with van der Waals surface area (Å²) >= 11 is 14.1. The van der Waals surface area contributed by atoms with Gasteiger partial charge in [-0.3, -0.25) is 9.59 Å². The van der Waals surface area contributed by atoms with Crippen LogP contribution < -0.4 is 4.90 Å². The van der Waals surface area contributed by atoms with E-state index in [0.717, 1.165) is 22.6 Å². The predicted octanol–water partition coefficient (Wildman–Crippen LogP) is 5.24. The van der Waals surface area contributed by atoms with E-state index in [2.05, 4.69) is 0 Å². The highest BCUT2D eigenvalue weighted by atomic mass is 35.5. The number of rotatable bonds is 3. The number of nitrogens with zero attached hydrogens (tertiary/aromatic N) is 2. The zero-order chi connectivity index (χ0) is 20.7. The molecule has 2 heterocycles. The van der Waals surface area contributed by atoms with Crippen molar-refractivity contribution in [2.75, 3.05) is 23.7 Å². The van der Waals surface area contributed by atoms with E-state index in [1.54, 1.807) is 28.8 Å². The third kappa shape index (κ3) is 4.00. The summed E-state index contributed by atoms with van der Waals surface area (Å²) < 4.78 is 0. The van der Waals surface area contributed by atoms with Crippen LogP contribution in [0.2, 0.25) is 10.0 Å². The first-order valence-corrected chi connectivity index (χ1v) is 11.4. The van der Waals surface area contributed by atoms with E-state index in [0.29, 0.717) is 23.1 Å². The summed E-state index contributed by atoms with van der Waals surface area (Å²) in [5.74, 6) is 0.526. The highest BCUT2D eigenvalue weighted by molar-refractivity contribution is 7.99. The molecule has 0 aromatic heterocycles. The van der Waals surface area contributed by atoms with Crippen LogP contribution in [0.1, 0.15) is 28.5 Å². The Bertz CT molecular complexity index is 981. The normalized spacial score (nSPS) is 21.9. The van der Waals surface area contributed by atoms with Crippen LogP contribution in [-0.2, 0) is 9.59 Å². The van der Waals surface area contributed by atoms with Crippen LogP contribution in [0.3, 0.4) is 0 Å². The fourth-order valence-corrected chi connectivity index (χ4v) is 5.78. The average molecular weight is 449 g/mol. The smallest absolute Gasteiger partial charge is 0.229 e. The number of amides is 2. The van der Waals surface area contributed by atoms with Crippen molar-refractivity contribution in [3.05, 3.63) is 63.1 Å². The molecule has 2 saturated heterocycles. The van der Waals surface area contributed by atoms with Gasteiger partial charge in [-0.25, -0.2) is 0 Å². The number of anilines is 1. The lowest BCUT2D eigenvalue weighted by molar-refractivity contribution is -0.136. The molecule has 152 valence electrons. The molecule has 2 aromatic rings. The molecule has 2 atom stereocenters. The minimum absolute atomic E-state index is 0.000437. The van der Waals surface area contributed by atoms with Crippen molar-refractivity contribution in [3.63, 3.8) is 0 Å². The van der Waals surface area contributed by atoms with Gasteiger partial charge in [-0.15, -0.1) is 11.8 Å². The quantitative estimate of drug-likeness (QED) is 0.644. The summed E-state index contributed by atoms with van der Waals surface area (Å²) in [6, 6.07) is 11.4. The molecule has 4 nitrogen and oxygen atoms in total. The molecule has 0 saturated carbocycles. The molecule has 7 heteroatoms. The molecule has 0 spiro atoms. The van der Waals surface area contributed by atoms with Gasteiger partial charge in [0.2, 0.25) is 11.8 Å². The highest BCUT2D eigenvalue weighted by Gasteiger charge is 2.41. The van der Waals surface area contributed by atoms with Crippen molar-refractivity contribution < 1.29 is 9.59 Å². The lowest BCUT2D eigenvalue weighted by atomic mass is 10.1. The Kier molecular flexibility index (Phi) is 5.83. The monoisotopic (exact) mass is 448 g/mol. The lowest BCUT2D eigenvalue weighted by Gasteiger charge is -2.27. The number of carbonyl (C=O) groups is 2. The van der Waals surface area contributed by atoms with Gasteiger partial charge < -0.3 is 9.80 Å². The van der Waals surface area contributed by atoms with Gasteiger partial charge in [-0.05, 0) is 49.2 Å². The number of aryl methyl sites for hydroxylation is 2. The number of benzene rings is 2. The molecule has 4 rings (SSSR count). The first kappa shape index (κ1) is 20.6. The van der Waals surface area contributed by atoms with E-state index in [1.807, 2.05) is 43.0 Å². The summed E-state index contributed by atoms with van der Waals surface area (Å²) in [4.78, 5) is 29.6. The standard InChI is InChI=1S/C22H22Cl2N2O2S/c1-13-3-5-17(9-14(13)2)26-12-15(10-20(26)27)21(28)25-7-8-29-22(25)18-6-4-16(23)11-19(18)24/h3-6,9,11,15,22H,7-8,10,12H2,1-2H3. The molecule has 0 radical (unpaired) electrons. The third-order valence-electron chi connectivity index (χ3n) is 5.68. The van der Waals surface area contributed by atoms with E-state index in [9.17, 15) is 9.59 Å². The summed E-state index contributed by atoms with van der Waals surface area (Å²) in [6.07, 6.45) is 0.244. The van der Waals surface area contributed by atoms with Crippen LogP contribution in [0.4, 0.5) is 5.69 Å². The third-order valence-corrected chi connectivity index (χ3v) is 7.48. The first-order valence-electron chi connectivity index (χ1n) is 9.60. The van der Waals surface area contributed by atoms with Crippen molar-refractivity contribution >= 4 is 52.5 Å². The van der Waals surface area contributed by atoms with Gasteiger partial charge >= 0.3 is 0 Å². The molecule has 2 amide bonds. The van der Waals surface area contributed by atoms with Crippen LogP contribution in [0.25, 0.3) is 0 Å². The molecule has 2 unspecified atom stereocenters. The van der Waals surface area contributed by atoms with Gasteiger partial charge in [0, 0.05) is 46.6 Å². The molecule has 29 heavy (non-hydrogen) atoms. The molecular weight excluding hydrogens is 427 g/mol. The second-order valence-electron chi connectivity index (χ2n) is 7.59. The van der Waals surface area contributed by atoms with Crippen LogP contribution >= 0.6 is 35.0 Å². The zero-order valence-corrected chi connectivity index (χ0v) is 18.7. The average Bonchev–Trinajstić information content (AvgIpc) is 3.30. The van der Waals surface area contributed by atoms with Gasteiger partial charge in [-0.1, -0.05) is 35.3 Å². The van der Waals surface area contributed by atoms with Gasteiger partial charge in [0.25, 0.3) is 0 Å². The van der Waals surface area contributed by atoms with E-state index < -0.39 is 0 Å². The maximum absolute atomic E-state index is 13.3. The van der Waals surface area contributed by atoms with Gasteiger partial charge in [0.05, 0.1) is 5.92 Å². The Morgan fingerprint density at radius 3 is 2.62 bits per heavy atom. The molecule has 2 fully saturated rings. The number of hydrogen-bond acceptors (Lipinski definition) is 3. The maximum Gasteiger partial charge on any atom is 0.229 e. The lowest BCUT2D eigenvalue weighted by Crippen LogP contribution is -2.37. The van der Waals surface area contributed by atoms with Crippen molar-refractivity contribution in [2.45, 2.75) is 25.6 Å². The SMILES string of the molecule is Cc1ccc(N2CC(C(=O)N3CCSC3c3ccc(Cl)cc3Cl)CC2=O)cc1C. The van der Waals surface area contributed by atoms with Crippen LogP contribution in [0.15, 0.2) is 36.4 Å². The van der Waals surface area contributed by atoms with Crippen LogP contribution in [-0.4, -0.2) is 35.6 Å². The fourth-order valence-electron chi connectivity index (χ4n) is 3.91. The zero-order valence-electron chi connectivity index (χ0n) is 16.3. The first-order chi connectivity index (χ1) is 13.8. The molecule has 0 N–H and O–H groups in total. The van der Waals surface area contributed by atoms with Crippen molar-refractivity contribution in [1.29, 1.82) is 0 Å². The molecular formula is C22H22Cl2N2O2S. The summed E-state index contributed by atoms with van der Waals surface area (Å²) in [6.45, 7) is 5.15. The molecule has 2 aliphatic heterocycles. The topological polar surface area (TPSA) is 40.6 Å². The molecule has 0 aliphatic carbocycles. The minimum Gasteiger partial charge on any atom is -0.325 e. The van der Waals surface area contributed by atoms with E-state index in [-0.39, 0.29) is 29.5 Å². The Morgan fingerprint density at radius 1 is 1.10 bits per heavy atom. The fraction of sp³-hybridized carbons (Fsp3) is 0.364. The highest BCUT2D eigenvalue weighted by Crippen LogP contribution is 2.43. The van der Waals surface area contributed by atoms with Gasteiger partial charge in [0.1, 0.15) is 5.37 Å². The van der Waals surface area contributed by atoms with E-state index in [4.69, 9.17) is 23.2 Å². The molecule has 0 bridgehead atoms. The number of carbonyl (C=O) groups excluding carboxylic acids is 2. The van der Waals surface area contributed by atoms with Crippen molar-refractivity contribution in [3.8, 4) is 0 Å². The number of halogens is 2. The predicted molar refractivity (Wildman–Crippen MR) is 120 cm³/mol. The molecule has 2 aliphatic rings. The maximum atomic E-state index is 13.3. The van der Waals surface area contributed by atoms with Crippen LogP contribution in [0.5, 0.6) is 0 Å². The second kappa shape index (κ2) is 8.21. The Labute approximate surface area is 185 Å². The Hall–Kier alpha value is -1.69. The minimum atomic E-state index is -0.337. The van der Waals surface area contributed by atoms with Crippen molar-refractivity contribution in [1.82, 2.24) is 4.90 Å². The summed E-state index contributed by atoms with van der Waals surface area (Å²) in [5.41, 5.74) is 4.08. The number of thioether (sulfide) groups is 1. The van der Waals surface area contributed by atoms with Crippen molar-refractivity contribution in [2.24, 2.45) is 5.92 Å². The van der Waals surface area contributed by atoms with Crippen LogP contribution in [0, 0.1) is 19.8 Å². The summed E-state index contributed by atoms with van der Waals surface area (Å²) in [5, 5.41) is 0.997. The Balaban J connectivity index is 1.53. The van der Waals surface area contributed by atoms with Gasteiger partial charge in [0.15, 0.2) is 0 Å². The largest absolute Gasteiger partial charge is 0.325 e. The molecule has 2 aromatic carbocycles. The summed E-state index contributed by atoms with van der Waals surface area (Å²) in [7, 11) is 0. The van der Waals surface area contributed by atoms with Gasteiger partial charge in [-0.2, -0.15) is 0 Å². The Morgan fingerprint density at radius 2 is 1.90 bits per heavy atom.